The quantitative estimate of drug-likeness (QED) is 0.755. The standard InChI is InChI=1S/C12H18N2/c1-13-8-12-7-10-5-3-4-6-11(10)9-14(12)2/h3-6,12-13H,7-9H2,1-2H3. The molecule has 1 atom stereocenters. The summed E-state index contributed by atoms with van der Waals surface area (Å²) >= 11 is 0. The fourth-order valence-corrected chi connectivity index (χ4v) is 2.18. The molecule has 0 saturated heterocycles. The van der Waals surface area contributed by atoms with E-state index in [-0.39, 0.29) is 0 Å². The zero-order valence-corrected chi connectivity index (χ0v) is 8.96. The molecule has 0 saturated carbocycles. The molecule has 1 N–H and O–H groups in total. The Kier molecular flexibility index (Phi) is 2.85. The van der Waals surface area contributed by atoms with Gasteiger partial charge in [0, 0.05) is 19.1 Å². The van der Waals surface area contributed by atoms with Crippen molar-refractivity contribution in [2.75, 3.05) is 20.6 Å². The number of nitrogens with zero attached hydrogens (tertiary/aromatic N) is 1. The minimum atomic E-state index is 0.648. The van der Waals surface area contributed by atoms with Crippen LogP contribution in [0.5, 0.6) is 0 Å². The van der Waals surface area contributed by atoms with E-state index >= 15 is 0 Å². The molecule has 1 aliphatic rings. The minimum absolute atomic E-state index is 0.648. The lowest BCUT2D eigenvalue weighted by molar-refractivity contribution is 0.213. The van der Waals surface area contributed by atoms with Crippen LogP contribution in [0.3, 0.4) is 0 Å². The van der Waals surface area contributed by atoms with Gasteiger partial charge in [-0.05, 0) is 31.6 Å². The Hall–Kier alpha value is -0.860. The third-order valence-corrected chi connectivity index (χ3v) is 3.06. The summed E-state index contributed by atoms with van der Waals surface area (Å²) in [5, 5.41) is 3.26. The van der Waals surface area contributed by atoms with E-state index in [0.29, 0.717) is 6.04 Å². The summed E-state index contributed by atoms with van der Waals surface area (Å²) in [6.45, 7) is 2.16. The van der Waals surface area contributed by atoms with E-state index < -0.39 is 0 Å². The molecule has 76 valence electrons. The van der Waals surface area contributed by atoms with Gasteiger partial charge in [-0.15, -0.1) is 0 Å². The molecule has 0 bridgehead atoms. The van der Waals surface area contributed by atoms with Gasteiger partial charge in [0.15, 0.2) is 0 Å². The largest absolute Gasteiger partial charge is 0.318 e. The predicted octanol–water partition coefficient (Wildman–Crippen LogP) is 1.26. The fraction of sp³-hybridized carbons (Fsp3) is 0.500. The summed E-state index contributed by atoms with van der Waals surface area (Å²) in [4.78, 5) is 2.43. The normalized spacial score (nSPS) is 22.0. The summed E-state index contributed by atoms with van der Waals surface area (Å²) in [5.74, 6) is 0. The monoisotopic (exact) mass is 190 g/mol. The second kappa shape index (κ2) is 4.11. The third-order valence-electron chi connectivity index (χ3n) is 3.06. The lowest BCUT2D eigenvalue weighted by Crippen LogP contribution is -2.43. The van der Waals surface area contributed by atoms with Crippen molar-refractivity contribution in [1.29, 1.82) is 0 Å². The Morgan fingerprint density at radius 1 is 1.36 bits per heavy atom. The average Bonchev–Trinajstić information content (AvgIpc) is 2.19. The van der Waals surface area contributed by atoms with Crippen molar-refractivity contribution in [3.8, 4) is 0 Å². The number of fused-ring (bicyclic) bond motifs is 1. The first kappa shape index (κ1) is 9.69. The number of nitrogens with one attached hydrogen (secondary N) is 1. The summed E-state index contributed by atoms with van der Waals surface area (Å²) < 4.78 is 0. The molecule has 0 radical (unpaired) electrons. The zero-order chi connectivity index (χ0) is 9.97. The van der Waals surface area contributed by atoms with E-state index in [9.17, 15) is 0 Å². The summed E-state index contributed by atoms with van der Waals surface area (Å²) in [6, 6.07) is 9.41. The molecule has 0 spiro atoms. The maximum absolute atomic E-state index is 3.26. The molecule has 1 heterocycles. The summed E-state index contributed by atoms with van der Waals surface area (Å²) in [5.41, 5.74) is 3.01. The molecule has 0 aromatic heterocycles. The number of rotatable bonds is 2. The first-order valence-electron chi connectivity index (χ1n) is 5.23. The van der Waals surface area contributed by atoms with E-state index in [1.54, 1.807) is 0 Å². The van der Waals surface area contributed by atoms with Crippen molar-refractivity contribution in [2.24, 2.45) is 0 Å². The van der Waals surface area contributed by atoms with Gasteiger partial charge in [-0.2, -0.15) is 0 Å². The highest BCUT2D eigenvalue weighted by Gasteiger charge is 2.21. The van der Waals surface area contributed by atoms with Crippen molar-refractivity contribution in [3.05, 3.63) is 35.4 Å². The van der Waals surface area contributed by atoms with Gasteiger partial charge in [0.1, 0.15) is 0 Å². The van der Waals surface area contributed by atoms with E-state index in [0.717, 1.165) is 13.1 Å². The van der Waals surface area contributed by atoms with Gasteiger partial charge in [-0.3, -0.25) is 4.90 Å². The van der Waals surface area contributed by atoms with Gasteiger partial charge >= 0.3 is 0 Å². The SMILES string of the molecule is CNCC1Cc2ccccc2CN1C. The maximum atomic E-state index is 3.26. The minimum Gasteiger partial charge on any atom is -0.318 e. The molecule has 1 aromatic rings. The molecule has 1 aromatic carbocycles. The Labute approximate surface area is 85.9 Å². The highest BCUT2D eigenvalue weighted by atomic mass is 15.1. The smallest absolute Gasteiger partial charge is 0.0261 e. The van der Waals surface area contributed by atoms with Crippen molar-refractivity contribution >= 4 is 0 Å². The highest BCUT2D eigenvalue weighted by molar-refractivity contribution is 5.30. The van der Waals surface area contributed by atoms with Crippen LogP contribution in [0, 0.1) is 0 Å². The van der Waals surface area contributed by atoms with Crippen LogP contribution >= 0.6 is 0 Å². The topological polar surface area (TPSA) is 15.3 Å². The van der Waals surface area contributed by atoms with Gasteiger partial charge < -0.3 is 5.32 Å². The Bertz CT molecular complexity index is 309. The second-order valence-electron chi connectivity index (χ2n) is 4.10. The van der Waals surface area contributed by atoms with Gasteiger partial charge in [0.2, 0.25) is 0 Å². The van der Waals surface area contributed by atoms with Crippen LogP contribution in [0.25, 0.3) is 0 Å². The van der Waals surface area contributed by atoms with Gasteiger partial charge in [-0.1, -0.05) is 24.3 Å². The van der Waals surface area contributed by atoms with Crippen LogP contribution in [-0.4, -0.2) is 31.6 Å². The molecular weight excluding hydrogens is 172 g/mol. The third kappa shape index (κ3) is 1.81. The Balaban J connectivity index is 2.18. The van der Waals surface area contributed by atoms with Crippen LogP contribution in [-0.2, 0) is 13.0 Å². The first-order chi connectivity index (χ1) is 6.81. The number of benzene rings is 1. The average molecular weight is 190 g/mol. The Morgan fingerprint density at radius 2 is 2.07 bits per heavy atom. The summed E-state index contributed by atoms with van der Waals surface area (Å²) in [7, 11) is 4.23. The van der Waals surface area contributed by atoms with Crippen LogP contribution < -0.4 is 5.32 Å². The number of hydrogen-bond acceptors (Lipinski definition) is 2. The summed E-state index contributed by atoms with van der Waals surface area (Å²) in [6.07, 6.45) is 1.17. The van der Waals surface area contributed by atoms with E-state index in [4.69, 9.17) is 0 Å². The van der Waals surface area contributed by atoms with Crippen LogP contribution in [0.15, 0.2) is 24.3 Å². The lowest BCUT2D eigenvalue weighted by atomic mass is 9.94. The van der Waals surface area contributed by atoms with Crippen LogP contribution in [0.2, 0.25) is 0 Å². The molecule has 14 heavy (non-hydrogen) atoms. The molecule has 0 amide bonds. The van der Waals surface area contributed by atoms with Gasteiger partial charge in [0.25, 0.3) is 0 Å². The molecule has 2 heteroatoms. The molecule has 2 rings (SSSR count). The molecular formula is C12H18N2. The first-order valence-corrected chi connectivity index (χ1v) is 5.23. The predicted molar refractivity (Wildman–Crippen MR) is 59.3 cm³/mol. The lowest BCUT2D eigenvalue weighted by Gasteiger charge is -2.33. The van der Waals surface area contributed by atoms with E-state index in [1.165, 1.54) is 17.5 Å². The van der Waals surface area contributed by atoms with Crippen molar-refractivity contribution < 1.29 is 0 Å². The highest BCUT2D eigenvalue weighted by Crippen LogP contribution is 2.21. The molecule has 1 aliphatic heterocycles. The van der Waals surface area contributed by atoms with Crippen molar-refractivity contribution in [2.45, 2.75) is 19.0 Å². The molecule has 1 unspecified atom stereocenters. The van der Waals surface area contributed by atoms with Crippen molar-refractivity contribution in [3.63, 3.8) is 0 Å². The number of hydrogen-bond donors (Lipinski definition) is 1. The fourth-order valence-electron chi connectivity index (χ4n) is 2.18. The van der Waals surface area contributed by atoms with Crippen LogP contribution in [0.1, 0.15) is 11.1 Å². The second-order valence-corrected chi connectivity index (χ2v) is 4.10. The Morgan fingerprint density at radius 3 is 2.79 bits per heavy atom. The van der Waals surface area contributed by atoms with E-state index in [2.05, 4.69) is 41.5 Å². The van der Waals surface area contributed by atoms with Crippen molar-refractivity contribution in [1.82, 2.24) is 10.2 Å². The zero-order valence-electron chi connectivity index (χ0n) is 8.96. The maximum Gasteiger partial charge on any atom is 0.0261 e. The van der Waals surface area contributed by atoms with E-state index in [1.807, 2.05) is 7.05 Å². The van der Waals surface area contributed by atoms with Crippen LogP contribution in [0.4, 0.5) is 0 Å². The molecule has 0 fully saturated rings. The molecule has 0 aliphatic carbocycles. The number of likely N-dealkylation sites (N-methyl/N-ethyl adjacent to an activating group) is 2. The van der Waals surface area contributed by atoms with Gasteiger partial charge in [-0.25, -0.2) is 0 Å². The van der Waals surface area contributed by atoms with Gasteiger partial charge in [0.05, 0.1) is 0 Å². The molecule has 2 nitrogen and oxygen atoms in total.